The summed E-state index contributed by atoms with van der Waals surface area (Å²) in [4.78, 5) is 26.7. The van der Waals surface area contributed by atoms with Crippen LogP contribution in [0.2, 0.25) is 0 Å². The second-order valence-electron chi connectivity index (χ2n) is 6.40. The fourth-order valence-corrected chi connectivity index (χ4v) is 3.10. The minimum Gasteiger partial charge on any atom is -0.497 e. The van der Waals surface area contributed by atoms with Gasteiger partial charge in [0.05, 0.1) is 45.1 Å². The van der Waals surface area contributed by atoms with E-state index in [2.05, 4.69) is 10.2 Å². The molecule has 1 aliphatic heterocycles. The van der Waals surface area contributed by atoms with Crippen molar-refractivity contribution >= 4 is 23.3 Å². The van der Waals surface area contributed by atoms with Gasteiger partial charge in [0.1, 0.15) is 5.75 Å². The third-order valence-electron chi connectivity index (χ3n) is 4.56. The highest BCUT2D eigenvalue weighted by Crippen LogP contribution is 2.26. The summed E-state index contributed by atoms with van der Waals surface area (Å²) < 4.78 is 15.4. The van der Waals surface area contributed by atoms with Crippen LogP contribution in [0.4, 0.5) is 11.4 Å². The molecular weight excluding hydrogens is 360 g/mol. The van der Waals surface area contributed by atoms with Gasteiger partial charge in [-0.3, -0.25) is 4.79 Å². The van der Waals surface area contributed by atoms with E-state index >= 15 is 0 Å². The Hall–Kier alpha value is -3.06. The third-order valence-corrected chi connectivity index (χ3v) is 4.56. The number of amides is 1. The molecule has 1 N–H and O–H groups in total. The number of benzene rings is 2. The molecule has 7 nitrogen and oxygen atoms in total. The van der Waals surface area contributed by atoms with Crippen molar-refractivity contribution in [2.75, 3.05) is 50.7 Å². The van der Waals surface area contributed by atoms with Crippen LogP contribution >= 0.6 is 0 Å². The van der Waals surface area contributed by atoms with Gasteiger partial charge in [-0.25, -0.2) is 4.79 Å². The maximum atomic E-state index is 12.4. The van der Waals surface area contributed by atoms with E-state index in [1.54, 1.807) is 19.2 Å². The Balaban J connectivity index is 1.73. The van der Waals surface area contributed by atoms with Crippen LogP contribution in [0.25, 0.3) is 0 Å². The zero-order valence-electron chi connectivity index (χ0n) is 16.1. The molecule has 1 amide bonds. The predicted octanol–water partition coefficient (Wildman–Crippen LogP) is 2.50. The summed E-state index contributed by atoms with van der Waals surface area (Å²) >= 11 is 0. The monoisotopic (exact) mass is 384 g/mol. The van der Waals surface area contributed by atoms with Crippen LogP contribution in [0.15, 0.2) is 42.5 Å². The maximum Gasteiger partial charge on any atom is 0.340 e. The molecule has 0 unspecified atom stereocenters. The smallest absolute Gasteiger partial charge is 0.340 e. The van der Waals surface area contributed by atoms with Gasteiger partial charge in [0, 0.05) is 18.8 Å². The number of methoxy groups -OCH3 is 2. The van der Waals surface area contributed by atoms with Gasteiger partial charge in [-0.1, -0.05) is 12.1 Å². The van der Waals surface area contributed by atoms with E-state index in [9.17, 15) is 9.59 Å². The predicted molar refractivity (Wildman–Crippen MR) is 106 cm³/mol. The van der Waals surface area contributed by atoms with Crippen molar-refractivity contribution in [3.05, 3.63) is 53.6 Å². The van der Waals surface area contributed by atoms with Gasteiger partial charge >= 0.3 is 5.97 Å². The second-order valence-corrected chi connectivity index (χ2v) is 6.40. The summed E-state index contributed by atoms with van der Waals surface area (Å²) in [5.74, 6) is 0.137. The molecule has 0 aromatic heterocycles. The van der Waals surface area contributed by atoms with E-state index < -0.39 is 5.97 Å². The number of hydrogen-bond acceptors (Lipinski definition) is 6. The normalized spacial score (nSPS) is 13.7. The van der Waals surface area contributed by atoms with Crippen LogP contribution in [0, 0.1) is 0 Å². The summed E-state index contributed by atoms with van der Waals surface area (Å²) in [5, 5.41) is 2.85. The highest BCUT2D eigenvalue weighted by atomic mass is 16.5. The average molecular weight is 384 g/mol. The maximum absolute atomic E-state index is 12.4. The molecule has 1 saturated heterocycles. The molecule has 1 aliphatic rings. The van der Waals surface area contributed by atoms with Crippen molar-refractivity contribution in [1.29, 1.82) is 0 Å². The van der Waals surface area contributed by atoms with Crippen LogP contribution in [-0.2, 0) is 20.7 Å². The van der Waals surface area contributed by atoms with Gasteiger partial charge in [-0.2, -0.15) is 0 Å². The summed E-state index contributed by atoms with van der Waals surface area (Å²) in [6, 6.07) is 12.6. The topological polar surface area (TPSA) is 77.1 Å². The molecule has 1 heterocycles. The molecular formula is C21H24N2O5. The standard InChI is InChI=1S/C21H24N2O5/c1-26-17-6-3-15(4-7-17)13-20(24)22-16-5-8-19(18(14-16)21(25)27-2)23-9-11-28-12-10-23/h3-8,14H,9-13H2,1-2H3,(H,22,24). The van der Waals surface area contributed by atoms with Gasteiger partial charge in [-0.05, 0) is 35.9 Å². The first-order valence-electron chi connectivity index (χ1n) is 9.08. The lowest BCUT2D eigenvalue weighted by atomic mass is 10.1. The Kier molecular flexibility index (Phi) is 6.49. The molecule has 0 bridgehead atoms. The number of nitrogens with zero attached hydrogens (tertiary/aromatic N) is 1. The third kappa shape index (κ3) is 4.80. The van der Waals surface area contributed by atoms with Crippen LogP contribution in [0.1, 0.15) is 15.9 Å². The Morgan fingerprint density at radius 1 is 1.07 bits per heavy atom. The first kappa shape index (κ1) is 19.7. The molecule has 3 rings (SSSR count). The first-order chi connectivity index (χ1) is 13.6. The second kappa shape index (κ2) is 9.23. The summed E-state index contributed by atoms with van der Waals surface area (Å²) in [6.45, 7) is 2.63. The number of rotatable bonds is 6. The lowest BCUT2D eigenvalue weighted by Crippen LogP contribution is -2.37. The van der Waals surface area contributed by atoms with Crippen LogP contribution in [-0.4, -0.2) is 52.4 Å². The highest BCUT2D eigenvalue weighted by Gasteiger charge is 2.20. The number of hydrogen-bond donors (Lipinski definition) is 1. The van der Waals surface area contributed by atoms with Crippen molar-refractivity contribution in [2.45, 2.75) is 6.42 Å². The molecule has 28 heavy (non-hydrogen) atoms. The van der Waals surface area contributed by atoms with E-state index in [4.69, 9.17) is 14.2 Å². The van der Waals surface area contributed by atoms with Crippen LogP contribution in [0.5, 0.6) is 5.75 Å². The Morgan fingerprint density at radius 2 is 1.79 bits per heavy atom. The highest BCUT2D eigenvalue weighted by molar-refractivity contribution is 5.99. The van der Waals surface area contributed by atoms with Gasteiger partial charge in [0.15, 0.2) is 0 Å². The number of carbonyl (C=O) groups excluding carboxylic acids is 2. The van der Waals surface area contributed by atoms with Crippen molar-refractivity contribution in [2.24, 2.45) is 0 Å². The zero-order valence-corrected chi connectivity index (χ0v) is 16.1. The van der Waals surface area contributed by atoms with Gasteiger partial charge in [-0.15, -0.1) is 0 Å². The Labute approximate surface area is 164 Å². The molecule has 0 aliphatic carbocycles. The molecule has 0 atom stereocenters. The molecule has 2 aromatic carbocycles. The quantitative estimate of drug-likeness (QED) is 0.771. The Morgan fingerprint density at radius 3 is 2.43 bits per heavy atom. The van der Waals surface area contributed by atoms with Gasteiger partial charge < -0.3 is 24.4 Å². The first-order valence-corrected chi connectivity index (χ1v) is 9.08. The van der Waals surface area contributed by atoms with E-state index in [0.717, 1.165) is 17.0 Å². The van der Waals surface area contributed by atoms with Gasteiger partial charge in [0.25, 0.3) is 0 Å². The largest absolute Gasteiger partial charge is 0.497 e. The molecule has 7 heteroatoms. The lowest BCUT2D eigenvalue weighted by Gasteiger charge is -2.30. The number of ether oxygens (including phenoxy) is 3. The van der Waals surface area contributed by atoms with Crippen molar-refractivity contribution in [3.63, 3.8) is 0 Å². The van der Waals surface area contributed by atoms with Crippen LogP contribution < -0.4 is 15.0 Å². The van der Waals surface area contributed by atoms with Crippen molar-refractivity contribution in [1.82, 2.24) is 0 Å². The molecule has 2 aromatic rings. The van der Waals surface area contributed by atoms with Gasteiger partial charge in [0.2, 0.25) is 5.91 Å². The fourth-order valence-electron chi connectivity index (χ4n) is 3.10. The molecule has 0 saturated carbocycles. The molecule has 148 valence electrons. The SMILES string of the molecule is COC(=O)c1cc(NC(=O)Cc2ccc(OC)cc2)ccc1N1CCOCC1. The van der Waals surface area contributed by atoms with E-state index in [-0.39, 0.29) is 12.3 Å². The zero-order chi connectivity index (χ0) is 19.9. The van der Waals surface area contributed by atoms with Crippen molar-refractivity contribution < 1.29 is 23.8 Å². The molecule has 0 radical (unpaired) electrons. The number of anilines is 2. The minimum absolute atomic E-state index is 0.167. The Bertz CT molecular complexity index is 829. The molecule has 0 spiro atoms. The lowest BCUT2D eigenvalue weighted by molar-refractivity contribution is -0.115. The summed E-state index contributed by atoms with van der Waals surface area (Å²) in [7, 11) is 2.95. The summed E-state index contributed by atoms with van der Waals surface area (Å²) in [5.41, 5.74) is 2.63. The average Bonchev–Trinajstić information content (AvgIpc) is 2.74. The number of nitrogens with one attached hydrogen (secondary N) is 1. The van der Waals surface area contributed by atoms with E-state index in [0.29, 0.717) is 37.6 Å². The minimum atomic E-state index is -0.437. The fraction of sp³-hybridized carbons (Fsp3) is 0.333. The number of carbonyl (C=O) groups is 2. The number of morpholine rings is 1. The number of esters is 1. The van der Waals surface area contributed by atoms with Crippen LogP contribution in [0.3, 0.4) is 0 Å². The summed E-state index contributed by atoms with van der Waals surface area (Å²) in [6.07, 6.45) is 0.225. The van der Waals surface area contributed by atoms with E-state index in [1.807, 2.05) is 30.3 Å². The molecule has 1 fully saturated rings. The van der Waals surface area contributed by atoms with E-state index in [1.165, 1.54) is 7.11 Å². The van der Waals surface area contributed by atoms with Crippen molar-refractivity contribution in [3.8, 4) is 5.75 Å².